The topological polar surface area (TPSA) is 108 Å². The standard InChI is InChI=1S/C66H109NO8/c1-6-8-10-12-14-16-18-20-22-24-26-28-30-32-34-36-38-40-42-44-46-48-50-52-54-56-63(68)73-60-62(61-74-66(65(70)71)72-59-58-67(3,4)5)75-64(69)57-55-53-51-49-47-45-43-41-39-37-35-33-31-29-27-25-23-21-19-17-15-13-11-9-7-2/h8-11,14-17,20-23,26-29,33,35,39,41,62,66H,6-7,12-13,18-19,24-25,30-32,34,36-38,40,42-61H2,1-5H3/p+1/b10-8-,11-9-,16-14-,17-15-,22-20-,23-21-,28-26-,29-27-,35-33-,41-39-. The lowest BCUT2D eigenvalue weighted by atomic mass is 10.0. The van der Waals surface area contributed by atoms with Gasteiger partial charge in [-0.1, -0.05) is 225 Å². The van der Waals surface area contributed by atoms with Gasteiger partial charge in [0, 0.05) is 12.8 Å². The van der Waals surface area contributed by atoms with Crippen molar-refractivity contribution in [2.45, 2.75) is 232 Å². The van der Waals surface area contributed by atoms with E-state index in [2.05, 4.69) is 135 Å². The van der Waals surface area contributed by atoms with Gasteiger partial charge in [0.2, 0.25) is 0 Å². The van der Waals surface area contributed by atoms with E-state index in [1.54, 1.807) is 0 Å². The number of esters is 2. The molecule has 426 valence electrons. The lowest BCUT2D eigenvalue weighted by Gasteiger charge is -2.25. The fraction of sp³-hybridized carbons (Fsp3) is 0.652. The van der Waals surface area contributed by atoms with Gasteiger partial charge in [0.1, 0.15) is 13.2 Å². The molecule has 2 unspecified atom stereocenters. The van der Waals surface area contributed by atoms with E-state index in [9.17, 15) is 19.5 Å². The van der Waals surface area contributed by atoms with Crippen molar-refractivity contribution < 1.29 is 42.9 Å². The van der Waals surface area contributed by atoms with Crippen molar-refractivity contribution in [2.24, 2.45) is 0 Å². The highest BCUT2D eigenvalue weighted by molar-refractivity contribution is 5.71. The van der Waals surface area contributed by atoms with Crippen LogP contribution in [0, 0.1) is 0 Å². The molecule has 75 heavy (non-hydrogen) atoms. The first-order valence-electron chi connectivity index (χ1n) is 29.7. The van der Waals surface area contributed by atoms with Gasteiger partial charge < -0.3 is 28.5 Å². The zero-order valence-corrected chi connectivity index (χ0v) is 48.4. The molecule has 0 spiro atoms. The molecule has 0 aliphatic heterocycles. The lowest BCUT2D eigenvalue weighted by molar-refractivity contribution is -0.870. The minimum atomic E-state index is -1.52. The van der Waals surface area contributed by atoms with E-state index in [0.717, 1.165) is 122 Å². The minimum Gasteiger partial charge on any atom is -0.477 e. The van der Waals surface area contributed by atoms with E-state index >= 15 is 0 Å². The molecular weight excluding hydrogens is 935 g/mol. The zero-order valence-electron chi connectivity index (χ0n) is 48.4. The number of rotatable bonds is 53. The van der Waals surface area contributed by atoms with Crippen LogP contribution >= 0.6 is 0 Å². The summed E-state index contributed by atoms with van der Waals surface area (Å²) in [4.78, 5) is 37.5. The summed E-state index contributed by atoms with van der Waals surface area (Å²) in [6.07, 6.45) is 75.6. The van der Waals surface area contributed by atoms with E-state index in [0.29, 0.717) is 17.4 Å². The smallest absolute Gasteiger partial charge is 0.361 e. The summed E-state index contributed by atoms with van der Waals surface area (Å²) >= 11 is 0. The number of unbranched alkanes of at least 4 members (excludes halogenated alkanes) is 18. The van der Waals surface area contributed by atoms with Crippen LogP contribution in [0.4, 0.5) is 0 Å². The van der Waals surface area contributed by atoms with Gasteiger partial charge in [0.25, 0.3) is 6.29 Å². The van der Waals surface area contributed by atoms with Gasteiger partial charge in [-0.15, -0.1) is 0 Å². The molecule has 0 aliphatic carbocycles. The first kappa shape index (κ1) is 70.7. The summed E-state index contributed by atoms with van der Waals surface area (Å²) in [7, 11) is 5.95. The SMILES string of the molecule is CC/C=C\C/C=C\C/C=C\C/C=C\C/C=C\C/C=C\CCCCCCCCC(=O)OC(COC(=O)CCCCCCCCCCCCCC/C=C\C/C=C\C/C=C\C/C=C\CC)COC(OCC[N+](C)(C)C)C(=O)O. The molecule has 0 amide bonds. The minimum absolute atomic E-state index is 0.178. The first-order valence-corrected chi connectivity index (χ1v) is 29.7. The maximum Gasteiger partial charge on any atom is 0.361 e. The van der Waals surface area contributed by atoms with E-state index < -0.39 is 24.3 Å². The van der Waals surface area contributed by atoms with Crippen molar-refractivity contribution in [1.82, 2.24) is 0 Å². The number of allylic oxidation sites excluding steroid dienone is 20. The Morgan fingerprint density at radius 2 is 0.720 bits per heavy atom. The first-order chi connectivity index (χ1) is 36.6. The molecule has 9 nitrogen and oxygen atoms in total. The summed E-state index contributed by atoms with van der Waals surface area (Å²) in [5, 5.41) is 9.71. The molecular formula is C66H110NO8+. The van der Waals surface area contributed by atoms with E-state index in [4.69, 9.17) is 18.9 Å². The van der Waals surface area contributed by atoms with Gasteiger partial charge in [0.15, 0.2) is 6.10 Å². The zero-order chi connectivity index (χ0) is 54.8. The number of nitrogens with zero attached hydrogens (tertiary/aromatic N) is 1. The molecule has 0 saturated carbocycles. The fourth-order valence-corrected chi connectivity index (χ4v) is 7.71. The van der Waals surface area contributed by atoms with Crippen molar-refractivity contribution in [3.05, 3.63) is 122 Å². The van der Waals surface area contributed by atoms with Crippen molar-refractivity contribution in [3.63, 3.8) is 0 Å². The molecule has 0 heterocycles. The summed E-state index contributed by atoms with van der Waals surface area (Å²) in [5.41, 5.74) is 0. The number of quaternary nitrogens is 1. The van der Waals surface area contributed by atoms with Crippen molar-refractivity contribution in [3.8, 4) is 0 Å². The van der Waals surface area contributed by atoms with Crippen LogP contribution in [0.2, 0.25) is 0 Å². The number of aliphatic carboxylic acids is 1. The monoisotopic (exact) mass is 1040 g/mol. The van der Waals surface area contributed by atoms with Crippen LogP contribution in [-0.4, -0.2) is 87.4 Å². The molecule has 0 aliphatic rings. The average Bonchev–Trinajstić information content (AvgIpc) is 3.38. The Hall–Kier alpha value is -4.31. The van der Waals surface area contributed by atoms with Crippen molar-refractivity contribution in [2.75, 3.05) is 47.5 Å². The quantitative estimate of drug-likeness (QED) is 0.0211. The Labute approximate surface area is 459 Å². The third-order valence-corrected chi connectivity index (χ3v) is 12.2. The van der Waals surface area contributed by atoms with Crippen molar-refractivity contribution in [1.29, 1.82) is 0 Å². The predicted octanol–water partition coefficient (Wildman–Crippen LogP) is 17.7. The summed E-state index contributed by atoms with van der Waals surface area (Å²) in [6.45, 7) is 4.62. The third kappa shape index (κ3) is 57.2. The Morgan fingerprint density at radius 3 is 1.07 bits per heavy atom. The predicted molar refractivity (Wildman–Crippen MR) is 318 cm³/mol. The van der Waals surface area contributed by atoms with Gasteiger partial charge in [0.05, 0.1) is 34.4 Å². The van der Waals surface area contributed by atoms with Crippen LogP contribution < -0.4 is 0 Å². The van der Waals surface area contributed by atoms with Crippen LogP contribution in [0.1, 0.15) is 219 Å². The molecule has 0 aromatic carbocycles. The molecule has 1 N–H and O–H groups in total. The van der Waals surface area contributed by atoms with Gasteiger partial charge in [-0.05, 0) is 103 Å². The number of ether oxygens (including phenoxy) is 4. The largest absolute Gasteiger partial charge is 0.477 e. The van der Waals surface area contributed by atoms with E-state index in [1.807, 2.05) is 21.1 Å². The van der Waals surface area contributed by atoms with Gasteiger partial charge in [-0.2, -0.15) is 0 Å². The second-order valence-corrected chi connectivity index (χ2v) is 20.5. The second kappa shape index (κ2) is 55.9. The van der Waals surface area contributed by atoms with Crippen LogP contribution in [0.3, 0.4) is 0 Å². The molecule has 0 radical (unpaired) electrons. The number of likely N-dealkylation sites (N-methyl/N-ethyl adjacent to an activating group) is 1. The number of carboxylic acid groups (broad SMARTS) is 1. The summed E-state index contributed by atoms with van der Waals surface area (Å²) < 4.78 is 22.9. The molecule has 0 bridgehead atoms. The van der Waals surface area contributed by atoms with Crippen molar-refractivity contribution >= 4 is 17.9 Å². The number of carbonyl (C=O) groups is 3. The Morgan fingerprint density at radius 1 is 0.400 bits per heavy atom. The molecule has 9 heteroatoms. The summed E-state index contributed by atoms with van der Waals surface area (Å²) in [5.74, 6) is -2.04. The molecule has 0 saturated heterocycles. The average molecular weight is 1050 g/mol. The number of hydrogen-bond donors (Lipinski definition) is 1. The van der Waals surface area contributed by atoms with Gasteiger partial charge in [-0.25, -0.2) is 4.79 Å². The highest BCUT2D eigenvalue weighted by Gasteiger charge is 2.25. The second-order valence-electron chi connectivity index (χ2n) is 20.5. The lowest BCUT2D eigenvalue weighted by Crippen LogP contribution is -2.40. The molecule has 0 aromatic heterocycles. The molecule has 0 aromatic rings. The maximum atomic E-state index is 12.9. The maximum absolute atomic E-state index is 12.9. The number of carboxylic acids is 1. The number of hydrogen-bond acceptors (Lipinski definition) is 7. The normalized spacial score (nSPS) is 13.7. The van der Waals surface area contributed by atoms with E-state index in [-0.39, 0.29) is 38.6 Å². The molecule has 0 fully saturated rings. The van der Waals surface area contributed by atoms with Crippen LogP contribution in [0.5, 0.6) is 0 Å². The molecule has 0 rings (SSSR count). The Balaban J connectivity index is 4.30. The van der Waals surface area contributed by atoms with Gasteiger partial charge in [-0.3, -0.25) is 9.59 Å². The highest BCUT2D eigenvalue weighted by Crippen LogP contribution is 2.15. The van der Waals surface area contributed by atoms with Crippen LogP contribution in [0.25, 0.3) is 0 Å². The van der Waals surface area contributed by atoms with Crippen LogP contribution in [-0.2, 0) is 33.3 Å². The third-order valence-electron chi connectivity index (χ3n) is 12.2. The molecule has 2 atom stereocenters. The fourth-order valence-electron chi connectivity index (χ4n) is 7.71. The van der Waals surface area contributed by atoms with Gasteiger partial charge >= 0.3 is 17.9 Å². The number of carbonyl (C=O) groups excluding carboxylic acids is 2. The summed E-state index contributed by atoms with van der Waals surface area (Å²) in [6, 6.07) is 0. The van der Waals surface area contributed by atoms with Crippen LogP contribution in [0.15, 0.2) is 122 Å². The van der Waals surface area contributed by atoms with E-state index in [1.165, 1.54) is 64.2 Å². The Bertz CT molecular complexity index is 1640. The highest BCUT2D eigenvalue weighted by atomic mass is 16.7. The Kier molecular flexibility index (Phi) is 52.7.